The summed E-state index contributed by atoms with van der Waals surface area (Å²) in [7, 11) is 0. The van der Waals surface area contributed by atoms with Gasteiger partial charge in [0.15, 0.2) is 0 Å². The lowest BCUT2D eigenvalue weighted by Gasteiger charge is -2.34. The minimum atomic E-state index is -0.461. The molecule has 1 saturated heterocycles. The van der Waals surface area contributed by atoms with Gasteiger partial charge in [0.25, 0.3) is 0 Å². The highest BCUT2D eigenvalue weighted by molar-refractivity contribution is 5.68. The second-order valence-electron chi connectivity index (χ2n) is 7.62. The standard InChI is InChI=1S/C19H29NO3/c1-12-11-16(17(21)14(3)13(12)2)15-7-9-20(10-8-15)18(22)23-19(4,5)6/h11,15,21H,7-10H2,1-6H3. The summed E-state index contributed by atoms with van der Waals surface area (Å²) < 4.78 is 5.43. The van der Waals surface area contributed by atoms with Crippen molar-refractivity contribution in [2.24, 2.45) is 0 Å². The molecule has 2 rings (SSSR count). The van der Waals surface area contributed by atoms with E-state index in [1.165, 1.54) is 5.56 Å². The highest BCUT2D eigenvalue weighted by Gasteiger charge is 2.29. The topological polar surface area (TPSA) is 49.8 Å². The van der Waals surface area contributed by atoms with Gasteiger partial charge in [0, 0.05) is 13.1 Å². The van der Waals surface area contributed by atoms with Crippen molar-refractivity contribution < 1.29 is 14.6 Å². The van der Waals surface area contributed by atoms with Crippen LogP contribution in [0, 0.1) is 20.8 Å². The second-order valence-corrected chi connectivity index (χ2v) is 7.62. The summed E-state index contributed by atoms with van der Waals surface area (Å²) in [4.78, 5) is 13.9. The van der Waals surface area contributed by atoms with Crippen LogP contribution in [0.25, 0.3) is 0 Å². The number of phenols is 1. The molecule has 0 spiro atoms. The van der Waals surface area contributed by atoms with Crippen LogP contribution in [0.5, 0.6) is 5.75 Å². The van der Waals surface area contributed by atoms with E-state index in [1.807, 2.05) is 34.6 Å². The summed E-state index contributed by atoms with van der Waals surface area (Å²) in [5.74, 6) is 0.718. The zero-order valence-corrected chi connectivity index (χ0v) is 15.2. The predicted octanol–water partition coefficient (Wildman–Crippen LogP) is 4.43. The van der Waals surface area contributed by atoms with Gasteiger partial charge in [0.05, 0.1) is 0 Å². The molecule has 1 heterocycles. The van der Waals surface area contributed by atoms with Gasteiger partial charge in [-0.05, 0) is 82.6 Å². The molecule has 1 N–H and O–H groups in total. The molecule has 0 bridgehead atoms. The van der Waals surface area contributed by atoms with Crippen molar-refractivity contribution in [1.82, 2.24) is 4.90 Å². The van der Waals surface area contributed by atoms with Gasteiger partial charge < -0.3 is 14.7 Å². The van der Waals surface area contributed by atoms with Gasteiger partial charge in [-0.15, -0.1) is 0 Å². The lowest BCUT2D eigenvalue weighted by atomic mass is 9.85. The number of rotatable bonds is 1. The zero-order chi connectivity index (χ0) is 17.4. The van der Waals surface area contributed by atoms with E-state index in [0.717, 1.165) is 29.5 Å². The summed E-state index contributed by atoms with van der Waals surface area (Å²) >= 11 is 0. The van der Waals surface area contributed by atoms with E-state index in [1.54, 1.807) is 4.90 Å². The summed E-state index contributed by atoms with van der Waals surface area (Å²) in [6.07, 6.45) is 1.47. The van der Waals surface area contributed by atoms with Crippen LogP contribution in [0.4, 0.5) is 4.79 Å². The molecule has 1 amide bonds. The molecule has 4 heteroatoms. The van der Waals surface area contributed by atoms with Gasteiger partial charge in [0.1, 0.15) is 11.4 Å². The summed E-state index contributed by atoms with van der Waals surface area (Å²) in [6.45, 7) is 13.1. The molecule has 0 aromatic heterocycles. The molecule has 0 saturated carbocycles. The van der Waals surface area contributed by atoms with Gasteiger partial charge in [-0.2, -0.15) is 0 Å². The average molecular weight is 319 g/mol. The van der Waals surface area contributed by atoms with Crippen LogP contribution in [-0.4, -0.2) is 34.8 Å². The maximum atomic E-state index is 12.1. The Morgan fingerprint density at radius 1 is 1.17 bits per heavy atom. The number of likely N-dealkylation sites (tertiary alicyclic amines) is 1. The van der Waals surface area contributed by atoms with Crippen LogP contribution < -0.4 is 0 Å². The Morgan fingerprint density at radius 2 is 1.74 bits per heavy atom. The summed E-state index contributed by atoms with van der Waals surface area (Å²) in [5.41, 5.74) is 3.89. The van der Waals surface area contributed by atoms with Gasteiger partial charge in [-0.25, -0.2) is 4.79 Å². The van der Waals surface area contributed by atoms with Gasteiger partial charge >= 0.3 is 6.09 Å². The minimum Gasteiger partial charge on any atom is -0.507 e. The van der Waals surface area contributed by atoms with Crippen LogP contribution in [0.3, 0.4) is 0 Å². The lowest BCUT2D eigenvalue weighted by Crippen LogP contribution is -2.41. The third-order valence-corrected chi connectivity index (χ3v) is 4.74. The first-order valence-electron chi connectivity index (χ1n) is 8.37. The van der Waals surface area contributed by atoms with Crippen molar-refractivity contribution in [2.45, 2.75) is 65.9 Å². The molecule has 0 radical (unpaired) electrons. The van der Waals surface area contributed by atoms with Crippen LogP contribution in [-0.2, 0) is 4.74 Å². The number of ether oxygens (including phenoxy) is 1. The number of amides is 1. The summed E-state index contributed by atoms with van der Waals surface area (Å²) in [5, 5.41) is 10.5. The molecular weight excluding hydrogens is 290 g/mol. The molecule has 1 aliphatic heterocycles. The zero-order valence-electron chi connectivity index (χ0n) is 15.2. The van der Waals surface area contributed by atoms with Crippen molar-refractivity contribution in [1.29, 1.82) is 0 Å². The van der Waals surface area contributed by atoms with Gasteiger partial charge in [-0.1, -0.05) is 6.07 Å². The normalized spacial score (nSPS) is 16.5. The number of carbonyl (C=O) groups excluding carboxylic acids is 1. The van der Waals surface area contributed by atoms with Crippen LogP contribution in [0.15, 0.2) is 6.07 Å². The highest BCUT2D eigenvalue weighted by atomic mass is 16.6. The van der Waals surface area contributed by atoms with E-state index in [4.69, 9.17) is 4.74 Å². The number of phenolic OH excluding ortho intramolecular Hbond substituents is 1. The molecule has 1 aliphatic rings. The predicted molar refractivity (Wildman–Crippen MR) is 92.1 cm³/mol. The van der Waals surface area contributed by atoms with E-state index in [9.17, 15) is 9.90 Å². The maximum absolute atomic E-state index is 12.1. The highest BCUT2D eigenvalue weighted by Crippen LogP contribution is 2.38. The minimum absolute atomic E-state index is 0.239. The number of hydrogen-bond acceptors (Lipinski definition) is 3. The average Bonchev–Trinajstić information content (AvgIpc) is 2.47. The molecule has 128 valence electrons. The Kier molecular flexibility index (Phi) is 4.92. The summed E-state index contributed by atoms with van der Waals surface area (Å²) in [6, 6.07) is 2.10. The Labute approximate surface area is 139 Å². The van der Waals surface area contributed by atoms with E-state index < -0.39 is 5.60 Å². The Hall–Kier alpha value is -1.71. The lowest BCUT2D eigenvalue weighted by molar-refractivity contribution is 0.0204. The van der Waals surface area contributed by atoms with Crippen LogP contribution in [0.2, 0.25) is 0 Å². The Balaban J connectivity index is 2.07. The quantitative estimate of drug-likeness (QED) is 0.833. The smallest absolute Gasteiger partial charge is 0.410 e. The van der Waals surface area contributed by atoms with Crippen molar-refractivity contribution in [3.8, 4) is 5.75 Å². The number of carbonyl (C=O) groups is 1. The fraction of sp³-hybridized carbons (Fsp3) is 0.632. The first kappa shape index (κ1) is 17.6. The molecule has 1 fully saturated rings. The van der Waals surface area contributed by atoms with E-state index >= 15 is 0 Å². The first-order chi connectivity index (χ1) is 10.6. The number of benzene rings is 1. The molecule has 1 aromatic rings. The van der Waals surface area contributed by atoms with Crippen LogP contribution in [0.1, 0.15) is 61.8 Å². The van der Waals surface area contributed by atoms with Crippen molar-refractivity contribution >= 4 is 6.09 Å². The van der Waals surface area contributed by atoms with E-state index in [2.05, 4.69) is 13.0 Å². The Morgan fingerprint density at radius 3 is 2.26 bits per heavy atom. The molecule has 1 aromatic carbocycles. The van der Waals surface area contributed by atoms with E-state index in [-0.39, 0.29) is 6.09 Å². The molecule has 4 nitrogen and oxygen atoms in total. The third-order valence-electron chi connectivity index (χ3n) is 4.74. The molecular formula is C19H29NO3. The third kappa shape index (κ3) is 3.98. The fourth-order valence-corrected chi connectivity index (χ4v) is 3.11. The number of piperidine rings is 1. The molecule has 0 atom stereocenters. The largest absolute Gasteiger partial charge is 0.507 e. The SMILES string of the molecule is Cc1cc(C2CCN(C(=O)OC(C)(C)C)CC2)c(O)c(C)c1C. The van der Waals surface area contributed by atoms with Gasteiger partial charge in [-0.3, -0.25) is 0 Å². The van der Waals surface area contributed by atoms with E-state index in [0.29, 0.717) is 24.8 Å². The van der Waals surface area contributed by atoms with Crippen LogP contribution >= 0.6 is 0 Å². The molecule has 0 aliphatic carbocycles. The van der Waals surface area contributed by atoms with Crippen molar-refractivity contribution in [3.63, 3.8) is 0 Å². The van der Waals surface area contributed by atoms with Crippen molar-refractivity contribution in [2.75, 3.05) is 13.1 Å². The maximum Gasteiger partial charge on any atom is 0.410 e. The number of nitrogens with zero attached hydrogens (tertiary/aromatic N) is 1. The number of aromatic hydroxyl groups is 1. The molecule has 23 heavy (non-hydrogen) atoms. The monoisotopic (exact) mass is 319 g/mol. The van der Waals surface area contributed by atoms with Gasteiger partial charge in [0.2, 0.25) is 0 Å². The number of aryl methyl sites for hydroxylation is 1. The second kappa shape index (κ2) is 6.42. The number of hydrogen-bond donors (Lipinski definition) is 1. The fourth-order valence-electron chi connectivity index (χ4n) is 3.11. The molecule has 0 unspecified atom stereocenters. The first-order valence-corrected chi connectivity index (χ1v) is 8.37. The Bertz CT molecular complexity index is 594. The van der Waals surface area contributed by atoms with Crippen molar-refractivity contribution in [3.05, 3.63) is 28.3 Å².